The van der Waals surface area contributed by atoms with Crippen LogP contribution in [0.3, 0.4) is 0 Å². The fourth-order valence-electron chi connectivity index (χ4n) is 2.15. The average molecular weight is 229 g/mol. The van der Waals surface area contributed by atoms with E-state index in [2.05, 4.69) is 37.9 Å². The Morgan fingerprint density at radius 1 is 1.18 bits per heavy atom. The van der Waals surface area contributed by atoms with Crippen LogP contribution < -0.4 is 4.74 Å². The van der Waals surface area contributed by atoms with Crippen molar-refractivity contribution in [1.82, 2.24) is 4.98 Å². The second-order valence-corrected chi connectivity index (χ2v) is 4.63. The maximum Gasteiger partial charge on any atom is 0.128 e. The highest BCUT2D eigenvalue weighted by Crippen LogP contribution is 2.32. The van der Waals surface area contributed by atoms with Gasteiger partial charge in [0.15, 0.2) is 0 Å². The van der Waals surface area contributed by atoms with Gasteiger partial charge in [-0.15, -0.1) is 0 Å². The number of rotatable bonds is 3. The minimum atomic E-state index is 0.475. The minimum Gasteiger partial charge on any atom is -0.496 e. The second-order valence-electron chi connectivity index (χ2n) is 4.63. The molecule has 2 aromatic rings. The Morgan fingerprint density at radius 3 is 2.53 bits per heavy atom. The fourth-order valence-corrected chi connectivity index (χ4v) is 2.15. The summed E-state index contributed by atoms with van der Waals surface area (Å²) in [6, 6.07) is 4.36. The number of fused-ring (bicyclic) bond motifs is 1. The van der Waals surface area contributed by atoms with Gasteiger partial charge < -0.3 is 4.74 Å². The molecular formula is C15H19NO. The molecule has 2 rings (SSSR count). The Hall–Kier alpha value is -1.57. The van der Waals surface area contributed by atoms with Gasteiger partial charge in [0.2, 0.25) is 0 Å². The first kappa shape index (κ1) is 11.9. The molecule has 0 fully saturated rings. The summed E-state index contributed by atoms with van der Waals surface area (Å²) in [5, 5.41) is 2.38. The third-order valence-corrected chi connectivity index (χ3v) is 3.18. The van der Waals surface area contributed by atoms with Gasteiger partial charge in [-0.2, -0.15) is 0 Å². The van der Waals surface area contributed by atoms with E-state index < -0.39 is 0 Å². The van der Waals surface area contributed by atoms with Crippen molar-refractivity contribution in [3.05, 3.63) is 35.7 Å². The van der Waals surface area contributed by atoms with Crippen LogP contribution in [0, 0.1) is 0 Å². The van der Waals surface area contributed by atoms with Crippen molar-refractivity contribution in [2.75, 3.05) is 7.11 Å². The standard InChI is InChI=1S/C15H19NO/c1-5-11-6-12-13(10(2)3)8-16-9-14(12)15(7-11)17-4/h6-10H,5H2,1-4H3. The first-order valence-corrected chi connectivity index (χ1v) is 6.11. The Morgan fingerprint density at radius 2 is 1.94 bits per heavy atom. The van der Waals surface area contributed by atoms with Gasteiger partial charge in [-0.25, -0.2) is 0 Å². The maximum atomic E-state index is 5.46. The zero-order valence-corrected chi connectivity index (χ0v) is 10.9. The van der Waals surface area contributed by atoms with Crippen molar-refractivity contribution < 1.29 is 4.74 Å². The van der Waals surface area contributed by atoms with Gasteiger partial charge in [-0.3, -0.25) is 4.98 Å². The Labute approximate surface area is 103 Å². The summed E-state index contributed by atoms with van der Waals surface area (Å²) in [4.78, 5) is 4.32. The molecule has 1 aromatic carbocycles. The van der Waals surface area contributed by atoms with E-state index in [1.54, 1.807) is 7.11 Å². The normalized spacial score (nSPS) is 11.1. The van der Waals surface area contributed by atoms with Crippen molar-refractivity contribution in [1.29, 1.82) is 0 Å². The molecule has 0 aliphatic carbocycles. The molecular weight excluding hydrogens is 210 g/mol. The van der Waals surface area contributed by atoms with Crippen LogP contribution in [0.25, 0.3) is 10.8 Å². The minimum absolute atomic E-state index is 0.475. The quantitative estimate of drug-likeness (QED) is 0.795. The summed E-state index contributed by atoms with van der Waals surface area (Å²) in [7, 11) is 1.72. The molecule has 0 N–H and O–H groups in total. The highest BCUT2D eigenvalue weighted by Gasteiger charge is 2.10. The third-order valence-electron chi connectivity index (χ3n) is 3.18. The number of hydrogen-bond donors (Lipinski definition) is 0. The zero-order valence-electron chi connectivity index (χ0n) is 10.9. The number of nitrogens with zero attached hydrogens (tertiary/aromatic N) is 1. The lowest BCUT2D eigenvalue weighted by Gasteiger charge is -2.13. The number of benzene rings is 1. The Balaban J connectivity index is 2.79. The molecule has 2 nitrogen and oxygen atoms in total. The largest absolute Gasteiger partial charge is 0.496 e. The molecule has 17 heavy (non-hydrogen) atoms. The molecule has 90 valence electrons. The lowest BCUT2D eigenvalue weighted by Crippen LogP contribution is -1.95. The lowest BCUT2D eigenvalue weighted by atomic mass is 9.96. The van der Waals surface area contributed by atoms with Crippen LogP contribution >= 0.6 is 0 Å². The van der Waals surface area contributed by atoms with Crippen molar-refractivity contribution in [2.45, 2.75) is 33.1 Å². The topological polar surface area (TPSA) is 22.1 Å². The van der Waals surface area contributed by atoms with Crippen LogP contribution in [0.15, 0.2) is 24.5 Å². The van der Waals surface area contributed by atoms with Gasteiger partial charge in [0.05, 0.1) is 7.11 Å². The smallest absolute Gasteiger partial charge is 0.128 e. The molecule has 0 aliphatic heterocycles. The summed E-state index contributed by atoms with van der Waals surface area (Å²) in [5.74, 6) is 1.40. The fraction of sp³-hybridized carbons (Fsp3) is 0.400. The molecule has 0 spiro atoms. The van der Waals surface area contributed by atoms with Crippen LogP contribution in [0.4, 0.5) is 0 Å². The van der Waals surface area contributed by atoms with Gasteiger partial charge in [0.25, 0.3) is 0 Å². The molecule has 0 atom stereocenters. The summed E-state index contributed by atoms with van der Waals surface area (Å²) < 4.78 is 5.46. The van der Waals surface area contributed by atoms with Gasteiger partial charge in [-0.1, -0.05) is 26.8 Å². The number of aromatic nitrogens is 1. The predicted molar refractivity (Wildman–Crippen MR) is 71.8 cm³/mol. The third kappa shape index (κ3) is 2.12. The van der Waals surface area contributed by atoms with Crippen molar-refractivity contribution in [3.8, 4) is 5.75 Å². The molecule has 2 heteroatoms. The van der Waals surface area contributed by atoms with E-state index >= 15 is 0 Å². The summed E-state index contributed by atoms with van der Waals surface area (Å²) in [6.07, 6.45) is 4.87. The molecule has 0 amide bonds. The Kier molecular flexibility index (Phi) is 3.32. The van der Waals surface area contributed by atoms with Crippen LogP contribution in [-0.4, -0.2) is 12.1 Å². The first-order chi connectivity index (χ1) is 8.17. The van der Waals surface area contributed by atoms with Gasteiger partial charge in [0.1, 0.15) is 5.75 Å². The highest BCUT2D eigenvalue weighted by molar-refractivity contribution is 5.91. The second kappa shape index (κ2) is 4.74. The molecule has 1 heterocycles. The van der Waals surface area contributed by atoms with Gasteiger partial charge >= 0.3 is 0 Å². The number of pyridine rings is 1. The zero-order chi connectivity index (χ0) is 12.4. The molecule has 0 saturated carbocycles. The number of methoxy groups -OCH3 is 1. The van der Waals surface area contributed by atoms with E-state index in [-0.39, 0.29) is 0 Å². The molecule has 1 aromatic heterocycles. The number of ether oxygens (including phenoxy) is 1. The predicted octanol–water partition coefficient (Wildman–Crippen LogP) is 3.93. The summed E-state index contributed by atoms with van der Waals surface area (Å²) >= 11 is 0. The van der Waals surface area contributed by atoms with Crippen molar-refractivity contribution in [2.24, 2.45) is 0 Å². The van der Waals surface area contributed by atoms with Crippen LogP contribution in [0.2, 0.25) is 0 Å². The molecule has 0 bridgehead atoms. The van der Waals surface area contributed by atoms with E-state index in [1.165, 1.54) is 16.5 Å². The lowest BCUT2D eigenvalue weighted by molar-refractivity contribution is 0.419. The summed E-state index contributed by atoms with van der Waals surface area (Å²) in [6.45, 7) is 6.56. The highest BCUT2D eigenvalue weighted by atomic mass is 16.5. The maximum absolute atomic E-state index is 5.46. The van der Waals surface area contributed by atoms with Crippen LogP contribution in [0.5, 0.6) is 5.75 Å². The van der Waals surface area contributed by atoms with Crippen molar-refractivity contribution in [3.63, 3.8) is 0 Å². The SMILES string of the molecule is CCc1cc(OC)c2cncc(C(C)C)c2c1. The van der Waals surface area contributed by atoms with Crippen LogP contribution in [-0.2, 0) is 6.42 Å². The Bertz CT molecular complexity index is 532. The van der Waals surface area contributed by atoms with E-state index in [0.717, 1.165) is 17.6 Å². The van der Waals surface area contributed by atoms with E-state index in [4.69, 9.17) is 4.74 Å². The first-order valence-electron chi connectivity index (χ1n) is 6.11. The summed E-state index contributed by atoms with van der Waals surface area (Å²) in [5.41, 5.74) is 2.60. The monoisotopic (exact) mass is 229 g/mol. The van der Waals surface area contributed by atoms with Gasteiger partial charge in [-0.05, 0) is 34.9 Å². The molecule has 0 unspecified atom stereocenters. The number of hydrogen-bond acceptors (Lipinski definition) is 2. The van der Waals surface area contributed by atoms with Crippen LogP contribution in [0.1, 0.15) is 37.8 Å². The molecule has 0 saturated heterocycles. The van der Waals surface area contributed by atoms with Crippen molar-refractivity contribution >= 4 is 10.8 Å². The molecule has 0 aliphatic rings. The van der Waals surface area contributed by atoms with E-state index in [1.807, 2.05) is 12.4 Å². The average Bonchev–Trinajstić information content (AvgIpc) is 2.36. The van der Waals surface area contributed by atoms with E-state index in [0.29, 0.717) is 5.92 Å². The molecule has 0 radical (unpaired) electrons. The van der Waals surface area contributed by atoms with Gasteiger partial charge in [0, 0.05) is 17.8 Å². The number of aryl methyl sites for hydroxylation is 1. The van der Waals surface area contributed by atoms with E-state index in [9.17, 15) is 0 Å².